The van der Waals surface area contributed by atoms with Crippen molar-refractivity contribution in [1.29, 1.82) is 0 Å². The normalized spacial score (nSPS) is 10.3. The molecule has 2 aromatic rings. The van der Waals surface area contributed by atoms with Crippen molar-refractivity contribution in [2.75, 3.05) is 0 Å². The van der Waals surface area contributed by atoms with E-state index in [0.717, 1.165) is 15.8 Å². The van der Waals surface area contributed by atoms with Gasteiger partial charge < -0.3 is 5.73 Å². The fourth-order valence-electron chi connectivity index (χ4n) is 1.51. The fourth-order valence-corrected chi connectivity index (χ4v) is 2.62. The molecule has 0 aliphatic heterocycles. The molecule has 2 nitrogen and oxygen atoms in total. The van der Waals surface area contributed by atoms with E-state index in [9.17, 15) is 4.79 Å². The maximum Gasteiger partial charge on any atom is 0.248 e. The Morgan fingerprint density at radius 1 is 1.17 bits per heavy atom. The molecular weight excluding hydrogens is 310 g/mol. The van der Waals surface area contributed by atoms with Crippen LogP contribution in [0.2, 0.25) is 0 Å². The number of halogens is 1. The molecule has 0 saturated carbocycles. The fraction of sp³-hybridized carbons (Fsp3) is 0.0714. The van der Waals surface area contributed by atoms with Gasteiger partial charge in [0.2, 0.25) is 5.91 Å². The third kappa shape index (κ3) is 3.62. The van der Waals surface area contributed by atoms with Crippen LogP contribution in [0.4, 0.5) is 0 Å². The van der Waals surface area contributed by atoms with Gasteiger partial charge >= 0.3 is 0 Å². The number of carbonyl (C=O) groups is 1. The van der Waals surface area contributed by atoms with Crippen molar-refractivity contribution < 1.29 is 4.79 Å². The van der Waals surface area contributed by atoms with Crippen LogP contribution in [0.1, 0.15) is 15.9 Å². The first-order chi connectivity index (χ1) is 8.65. The molecular formula is C14H12BrNOS. The molecule has 0 heterocycles. The zero-order valence-corrected chi connectivity index (χ0v) is 12.0. The summed E-state index contributed by atoms with van der Waals surface area (Å²) in [4.78, 5) is 12.3. The van der Waals surface area contributed by atoms with E-state index in [2.05, 4.69) is 28.1 Å². The number of rotatable bonds is 4. The molecule has 0 aliphatic rings. The summed E-state index contributed by atoms with van der Waals surface area (Å²) in [7, 11) is 0. The number of benzene rings is 2. The molecule has 0 spiro atoms. The van der Waals surface area contributed by atoms with E-state index in [4.69, 9.17) is 5.73 Å². The van der Waals surface area contributed by atoms with Gasteiger partial charge in [0, 0.05) is 20.7 Å². The molecule has 1 amide bonds. The first kappa shape index (κ1) is 13.2. The number of amides is 1. The number of thioether (sulfide) groups is 1. The van der Waals surface area contributed by atoms with Gasteiger partial charge in [-0.05, 0) is 42.0 Å². The topological polar surface area (TPSA) is 43.1 Å². The zero-order valence-electron chi connectivity index (χ0n) is 9.60. The molecule has 0 saturated heterocycles. The van der Waals surface area contributed by atoms with Gasteiger partial charge in [0.05, 0.1) is 0 Å². The summed E-state index contributed by atoms with van der Waals surface area (Å²) >= 11 is 5.14. The van der Waals surface area contributed by atoms with Crippen molar-refractivity contribution in [2.45, 2.75) is 10.6 Å². The summed E-state index contributed by atoms with van der Waals surface area (Å²) in [5.41, 5.74) is 6.91. The number of primary amides is 1. The Morgan fingerprint density at radius 3 is 2.56 bits per heavy atom. The lowest BCUT2D eigenvalue weighted by Crippen LogP contribution is -2.10. The maximum atomic E-state index is 11.1. The lowest BCUT2D eigenvalue weighted by atomic mass is 10.1. The SMILES string of the molecule is NC(=O)c1cccc(CSc2ccc(Br)cc2)c1. The second-order valence-electron chi connectivity index (χ2n) is 3.81. The third-order valence-electron chi connectivity index (χ3n) is 2.43. The zero-order chi connectivity index (χ0) is 13.0. The van der Waals surface area contributed by atoms with Crippen LogP contribution >= 0.6 is 27.7 Å². The van der Waals surface area contributed by atoms with E-state index >= 15 is 0 Å². The number of hydrogen-bond acceptors (Lipinski definition) is 2. The number of hydrogen-bond donors (Lipinski definition) is 1. The van der Waals surface area contributed by atoms with Crippen molar-refractivity contribution >= 4 is 33.6 Å². The lowest BCUT2D eigenvalue weighted by molar-refractivity contribution is 0.1000. The van der Waals surface area contributed by atoms with Crippen LogP contribution in [-0.4, -0.2) is 5.91 Å². The molecule has 0 aliphatic carbocycles. The largest absolute Gasteiger partial charge is 0.366 e. The first-order valence-corrected chi connectivity index (χ1v) is 7.20. The van der Waals surface area contributed by atoms with Crippen LogP contribution in [0, 0.1) is 0 Å². The van der Waals surface area contributed by atoms with Gasteiger partial charge in [0.25, 0.3) is 0 Å². The minimum atomic E-state index is -0.384. The van der Waals surface area contributed by atoms with Crippen LogP contribution < -0.4 is 5.73 Å². The standard InChI is InChI=1S/C14H12BrNOS/c15-12-4-6-13(7-5-12)18-9-10-2-1-3-11(8-10)14(16)17/h1-8H,9H2,(H2,16,17). The second-order valence-corrected chi connectivity index (χ2v) is 5.77. The third-order valence-corrected chi connectivity index (χ3v) is 4.04. The van der Waals surface area contributed by atoms with Crippen LogP contribution in [0.15, 0.2) is 57.9 Å². The molecule has 18 heavy (non-hydrogen) atoms. The average Bonchev–Trinajstić information content (AvgIpc) is 2.38. The number of nitrogens with two attached hydrogens (primary N) is 1. The Balaban J connectivity index is 2.04. The van der Waals surface area contributed by atoms with Crippen molar-refractivity contribution in [1.82, 2.24) is 0 Å². The smallest absolute Gasteiger partial charge is 0.248 e. The van der Waals surface area contributed by atoms with Crippen molar-refractivity contribution in [3.63, 3.8) is 0 Å². The van der Waals surface area contributed by atoms with E-state index in [1.807, 2.05) is 30.3 Å². The Labute approximate surface area is 119 Å². The highest BCUT2D eigenvalue weighted by atomic mass is 79.9. The van der Waals surface area contributed by atoms with E-state index < -0.39 is 0 Å². The van der Waals surface area contributed by atoms with E-state index in [0.29, 0.717) is 5.56 Å². The summed E-state index contributed by atoms with van der Waals surface area (Å²) in [5, 5.41) is 0. The Morgan fingerprint density at radius 2 is 1.89 bits per heavy atom. The number of carbonyl (C=O) groups excluding carboxylic acids is 1. The summed E-state index contributed by atoms with van der Waals surface area (Å²) in [5.74, 6) is 0.438. The molecule has 0 fully saturated rings. The molecule has 0 radical (unpaired) electrons. The van der Waals surface area contributed by atoms with Gasteiger partial charge in [-0.25, -0.2) is 0 Å². The Hall–Kier alpha value is -1.26. The highest BCUT2D eigenvalue weighted by Crippen LogP contribution is 2.24. The average molecular weight is 322 g/mol. The summed E-state index contributed by atoms with van der Waals surface area (Å²) in [6.07, 6.45) is 0. The summed E-state index contributed by atoms with van der Waals surface area (Å²) in [6.45, 7) is 0. The molecule has 2 rings (SSSR count). The highest BCUT2D eigenvalue weighted by molar-refractivity contribution is 9.10. The highest BCUT2D eigenvalue weighted by Gasteiger charge is 2.02. The Kier molecular flexibility index (Phi) is 4.44. The van der Waals surface area contributed by atoms with Gasteiger partial charge in [0.1, 0.15) is 0 Å². The predicted octanol–water partition coefficient (Wildman–Crippen LogP) is 3.84. The molecule has 0 unspecified atom stereocenters. The van der Waals surface area contributed by atoms with Crippen LogP contribution in [0.5, 0.6) is 0 Å². The Bertz CT molecular complexity index is 554. The molecule has 2 aromatic carbocycles. The van der Waals surface area contributed by atoms with Gasteiger partial charge in [-0.3, -0.25) is 4.79 Å². The quantitative estimate of drug-likeness (QED) is 0.869. The van der Waals surface area contributed by atoms with Crippen molar-refractivity contribution in [3.8, 4) is 0 Å². The van der Waals surface area contributed by atoms with E-state index in [1.165, 1.54) is 4.90 Å². The van der Waals surface area contributed by atoms with Crippen molar-refractivity contribution in [2.24, 2.45) is 5.73 Å². The van der Waals surface area contributed by atoms with Gasteiger partial charge in [-0.15, -0.1) is 11.8 Å². The molecule has 4 heteroatoms. The van der Waals surface area contributed by atoms with Crippen molar-refractivity contribution in [3.05, 3.63) is 64.1 Å². The molecule has 0 aromatic heterocycles. The molecule has 0 atom stereocenters. The second kappa shape index (κ2) is 6.07. The summed E-state index contributed by atoms with van der Waals surface area (Å²) < 4.78 is 1.07. The van der Waals surface area contributed by atoms with E-state index in [1.54, 1.807) is 17.8 Å². The van der Waals surface area contributed by atoms with Gasteiger partial charge in [-0.1, -0.05) is 28.1 Å². The predicted molar refractivity (Wildman–Crippen MR) is 78.7 cm³/mol. The van der Waals surface area contributed by atoms with Crippen LogP contribution in [-0.2, 0) is 5.75 Å². The van der Waals surface area contributed by atoms with Crippen LogP contribution in [0.25, 0.3) is 0 Å². The maximum absolute atomic E-state index is 11.1. The minimum Gasteiger partial charge on any atom is -0.366 e. The molecule has 92 valence electrons. The van der Waals surface area contributed by atoms with Gasteiger partial charge in [-0.2, -0.15) is 0 Å². The molecule has 2 N–H and O–H groups in total. The van der Waals surface area contributed by atoms with Crippen LogP contribution in [0.3, 0.4) is 0 Å². The first-order valence-electron chi connectivity index (χ1n) is 5.42. The van der Waals surface area contributed by atoms with Gasteiger partial charge in [0.15, 0.2) is 0 Å². The van der Waals surface area contributed by atoms with E-state index in [-0.39, 0.29) is 5.91 Å². The summed E-state index contributed by atoms with van der Waals surface area (Å²) in [6, 6.07) is 15.6. The lowest BCUT2D eigenvalue weighted by Gasteiger charge is -2.03. The monoisotopic (exact) mass is 321 g/mol. The molecule has 0 bridgehead atoms. The minimum absolute atomic E-state index is 0.384.